The van der Waals surface area contributed by atoms with Crippen LogP contribution in [0.2, 0.25) is 0 Å². The number of pyridine rings is 1. The minimum absolute atomic E-state index is 0. The molecule has 0 aliphatic carbocycles. The molecule has 0 saturated carbocycles. The fourth-order valence-electron chi connectivity index (χ4n) is 0.277. The van der Waals surface area contributed by atoms with E-state index < -0.39 is 0 Å². The number of hydrogen-bond donors (Lipinski definition) is 0. The second-order valence-electron chi connectivity index (χ2n) is 0.959. The van der Waals surface area contributed by atoms with E-state index in [9.17, 15) is 0 Å². The molecule has 0 atom stereocenters. The van der Waals surface area contributed by atoms with Gasteiger partial charge in [-0.1, -0.05) is 26.2 Å². The summed E-state index contributed by atoms with van der Waals surface area (Å²) in [5, 5.41) is 0. The van der Waals surface area contributed by atoms with Gasteiger partial charge in [-0.25, -0.2) is 0 Å². The maximum atomic E-state index is 3.66. The second-order valence-corrected chi connectivity index (χ2v) is 0.959. The van der Waals surface area contributed by atoms with E-state index in [-0.39, 0.29) is 40.1 Å². The summed E-state index contributed by atoms with van der Waals surface area (Å²) in [7, 11) is 0. The van der Waals surface area contributed by atoms with Gasteiger partial charge in [-0.3, -0.25) is 0 Å². The number of hydrogen-bond acceptors (Lipinski definition) is 1. The minimum atomic E-state index is 0. The van der Waals surface area contributed by atoms with Crippen molar-refractivity contribution >= 4 is 0 Å². The van der Waals surface area contributed by atoms with Crippen LogP contribution < -0.4 is 0 Å². The molecule has 0 aromatic carbocycles. The molecule has 1 nitrogen and oxygen atoms in total. The van der Waals surface area contributed by atoms with Crippen molar-refractivity contribution in [2.75, 3.05) is 0 Å². The van der Waals surface area contributed by atoms with Crippen molar-refractivity contribution in [3.05, 3.63) is 38.0 Å². The first kappa shape index (κ1) is 16.7. The van der Waals surface area contributed by atoms with Gasteiger partial charge in [-0.2, -0.15) is 18.2 Å². The predicted molar refractivity (Wildman–Crippen MR) is 40.8 cm³/mol. The molecular formula is C8H13NY-2. The average Bonchev–Trinajstić information content (AvgIpc) is 1.96. The molecule has 1 heterocycles. The summed E-state index contributed by atoms with van der Waals surface area (Å²) in [5.41, 5.74) is 0. The molecule has 0 amide bonds. The van der Waals surface area contributed by atoms with Gasteiger partial charge in [0.15, 0.2) is 0 Å². The van der Waals surface area contributed by atoms with Crippen molar-refractivity contribution in [3.8, 4) is 0 Å². The molecule has 1 aromatic rings. The fourth-order valence-corrected chi connectivity index (χ4v) is 0.277. The van der Waals surface area contributed by atoms with Crippen molar-refractivity contribution in [2.45, 2.75) is 13.8 Å². The molecule has 2 heteroatoms. The van der Waals surface area contributed by atoms with Crippen LogP contribution in [0.25, 0.3) is 0 Å². The van der Waals surface area contributed by atoms with E-state index in [2.05, 4.69) is 11.2 Å². The van der Waals surface area contributed by atoms with Crippen molar-refractivity contribution in [2.24, 2.45) is 0 Å². The molecule has 0 unspecified atom stereocenters. The van der Waals surface area contributed by atoms with Gasteiger partial charge < -0.3 is 12.4 Å². The first-order valence-electron chi connectivity index (χ1n) is 2.77. The van der Waals surface area contributed by atoms with Crippen LogP contribution >= 0.6 is 0 Å². The van der Waals surface area contributed by atoms with Crippen LogP contribution in [0.4, 0.5) is 0 Å². The van der Waals surface area contributed by atoms with Crippen LogP contribution in [0.1, 0.15) is 13.8 Å². The van der Waals surface area contributed by atoms with Crippen LogP contribution in [0.3, 0.4) is 0 Å². The number of rotatable bonds is 0. The van der Waals surface area contributed by atoms with Crippen LogP contribution in [-0.4, -0.2) is 4.98 Å². The Balaban J connectivity index is -0.000000114. The van der Waals surface area contributed by atoms with Crippen molar-refractivity contribution in [1.82, 2.24) is 4.98 Å². The SMILES string of the molecule is CC.[CH3-].[Y].[c-]1ccccn1. The van der Waals surface area contributed by atoms with Crippen molar-refractivity contribution in [1.29, 1.82) is 0 Å². The zero-order valence-electron chi connectivity index (χ0n) is 6.83. The van der Waals surface area contributed by atoms with E-state index in [1.165, 1.54) is 0 Å². The Morgan fingerprint density at radius 3 is 1.90 bits per heavy atom. The van der Waals surface area contributed by atoms with Gasteiger partial charge >= 0.3 is 0 Å². The van der Waals surface area contributed by atoms with Gasteiger partial charge in [0, 0.05) is 32.7 Å². The van der Waals surface area contributed by atoms with Gasteiger partial charge in [0.25, 0.3) is 0 Å². The summed E-state index contributed by atoms with van der Waals surface area (Å²) < 4.78 is 0. The molecule has 0 aliphatic rings. The standard InChI is InChI=1S/C5H4N.C2H6.CH3.Y/c1-2-4-6-5-3-1;1-2;;/h1-4H;1-2H3;1H3;/q-1;;-1;. The topological polar surface area (TPSA) is 12.9 Å². The Kier molecular flexibility index (Phi) is 26.9. The fraction of sp³-hybridized carbons (Fsp3) is 0.250. The van der Waals surface area contributed by atoms with Gasteiger partial charge in [-0.05, 0) is 0 Å². The minimum Gasteiger partial charge on any atom is -0.394 e. The van der Waals surface area contributed by atoms with Crippen LogP contribution in [0.15, 0.2) is 24.4 Å². The Morgan fingerprint density at radius 2 is 1.80 bits per heavy atom. The smallest absolute Gasteiger partial charge is 0 e. The summed E-state index contributed by atoms with van der Waals surface area (Å²) in [6, 6.07) is 5.50. The Hall–Kier alpha value is 0.254. The monoisotopic (exact) mass is 212 g/mol. The molecule has 55 valence electrons. The Bertz CT molecular complexity index is 81.2. The third-order valence-corrected chi connectivity index (χ3v) is 0.517. The summed E-state index contributed by atoms with van der Waals surface area (Å²) in [6.07, 6.45) is 4.34. The molecule has 10 heavy (non-hydrogen) atoms. The van der Waals surface area contributed by atoms with E-state index >= 15 is 0 Å². The summed E-state index contributed by atoms with van der Waals surface area (Å²) in [5.74, 6) is 0. The summed E-state index contributed by atoms with van der Waals surface area (Å²) in [4.78, 5) is 3.66. The van der Waals surface area contributed by atoms with Gasteiger partial charge in [0.05, 0.1) is 0 Å². The average molecular weight is 212 g/mol. The summed E-state index contributed by atoms with van der Waals surface area (Å²) in [6.45, 7) is 4.00. The zero-order valence-corrected chi connectivity index (χ0v) is 9.67. The normalized spacial score (nSPS) is 5.40. The molecule has 1 radical (unpaired) electrons. The predicted octanol–water partition coefficient (Wildman–Crippen LogP) is 2.36. The zero-order chi connectivity index (χ0) is 6.24. The van der Waals surface area contributed by atoms with Crippen LogP contribution in [-0.2, 0) is 32.7 Å². The molecule has 0 spiro atoms. The Morgan fingerprint density at radius 1 is 1.20 bits per heavy atom. The van der Waals surface area contributed by atoms with Gasteiger partial charge in [0.1, 0.15) is 0 Å². The van der Waals surface area contributed by atoms with Crippen molar-refractivity contribution < 1.29 is 32.7 Å². The molecule has 0 bridgehead atoms. The van der Waals surface area contributed by atoms with E-state index in [1.54, 1.807) is 12.3 Å². The third kappa shape index (κ3) is 11.1. The quantitative estimate of drug-likeness (QED) is 0.601. The Labute approximate surface area is 89.1 Å². The first-order valence-corrected chi connectivity index (χ1v) is 2.77. The van der Waals surface area contributed by atoms with Crippen molar-refractivity contribution in [3.63, 3.8) is 0 Å². The molecule has 0 fully saturated rings. The number of nitrogens with zero attached hydrogens (tertiary/aromatic N) is 1. The molecule has 1 aromatic heterocycles. The molecule has 1 rings (SSSR count). The molecule has 0 saturated heterocycles. The van der Waals surface area contributed by atoms with E-state index in [0.717, 1.165) is 0 Å². The van der Waals surface area contributed by atoms with E-state index in [4.69, 9.17) is 0 Å². The summed E-state index contributed by atoms with van der Waals surface area (Å²) >= 11 is 0. The third-order valence-electron chi connectivity index (χ3n) is 0.517. The van der Waals surface area contributed by atoms with E-state index in [1.807, 2.05) is 26.0 Å². The maximum Gasteiger partial charge on any atom is 0 e. The van der Waals surface area contributed by atoms with Crippen LogP contribution in [0.5, 0.6) is 0 Å². The maximum absolute atomic E-state index is 3.66. The van der Waals surface area contributed by atoms with E-state index in [0.29, 0.717) is 0 Å². The van der Waals surface area contributed by atoms with Crippen LogP contribution in [0, 0.1) is 13.6 Å². The largest absolute Gasteiger partial charge is 0.394 e. The van der Waals surface area contributed by atoms with Gasteiger partial charge in [-0.15, -0.1) is 0 Å². The molecule has 0 aliphatic heterocycles. The molecular weight excluding hydrogens is 199 g/mol. The second kappa shape index (κ2) is 16.1. The number of aromatic nitrogens is 1. The first-order chi connectivity index (χ1) is 4.00. The molecule has 0 N–H and O–H groups in total. The van der Waals surface area contributed by atoms with Gasteiger partial charge in [0.2, 0.25) is 0 Å².